The van der Waals surface area contributed by atoms with Crippen molar-refractivity contribution in [3.63, 3.8) is 0 Å². The van der Waals surface area contributed by atoms with Crippen LogP contribution in [0.15, 0.2) is 77.7 Å². The van der Waals surface area contributed by atoms with Gasteiger partial charge in [-0.25, -0.2) is 4.98 Å². The Labute approximate surface area is 295 Å². The van der Waals surface area contributed by atoms with E-state index in [-0.39, 0.29) is 51.1 Å². The number of morpholine rings is 1. The molecule has 14 heteroatoms. The molecule has 0 spiro atoms. The van der Waals surface area contributed by atoms with E-state index in [1.807, 2.05) is 0 Å². The van der Waals surface area contributed by atoms with E-state index in [2.05, 4.69) is 15.1 Å². The number of nitrogens with one attached hydrogen (secondary N) is 1. The Morgan fingerprint density at radius 1 is 0.961 bits per heavy atom. The summed E-state index contributed by atoms with van der Waals surface area (Å²) in [7, 11) is 0. The normalized spacial score (nSPS) is 18.1. The van der Waals surface area contributed by atoms with Gasteiger partial charge in [-0.05, 0) is 73.9 Å². The predicted molar refractivity (Wildman–Crippen MR) is 183 cm³/mol. The molecular weight excluding hydrogens is 694 g/mol. The molecule has 0 saturated carbocycles. The molecule has 0 bridgehead atoms. The number of aromatic nitrogens is 1. The molecule has 2 fully saturated rings. The quantitative estimate of drug-likeness (QED) is 0.143. The maximum Gasteiger partial charge on any atom is 0.416 e. The highest BCUT2D eigenvalue weighted by molar-refractivity contribution is 7.91. The van der Waals surface area contributed by atoms with Gasteiger partial charge >= 0.3 is 12.4 Å². The predicted octanol–water partition coefficient (Wildman–Crippen LogP) is 7.38. The molecule has 3 aromatic carbocycles. The van der Waals surface area contributed by atoms with Crippen molar-refractivity contribution in [2.24, 2.45) is 0 Å². The fourth-order valence-electron chi connectivity index (χ4n) is 6.90. The number of hydrogen-bond donors (Lipinski definition) is 1. The summed E-state index contributed by atoms with van der Waals surface area (Å²) in [5.41, 5.74) is -0.783. The Morgan fingerprint density at radius 3 is 2.31 bits per heavy atom. The molecule has 0 aliphatic carbocycles. The van der Waals surface area contributed by atoms with Gasteiger partial charge in [0, 0.05) is 48.3 Å². The molecule has 6 rings (SSSR count). The highest BCUT2D eigenvalue weighted by Crippen LogP contribution is 2.38. The molecule has 2 atom stereocenters. The Kier molecular flexibility index (Phi) is 11.3. The van der Waals surface area contributed by atoms with Crippen molar-refractivity contribution in [2.75, 3.05) is 45.1 Å². The Balaban J connectivity index is 1.50. The molecule has 272 valence electrons. The number of nitrogens with zero attached hydrogens (tertiary/aromatic N) is 3. The number of benzene rings is 3. The van der Waals surface area contributed by atoms with Crippen molar-refractivity contribution >= 4 is 28.0 Å². The summed E-state index contributed by atoms with van der Waals surface area (Å²) in [6.45, 7) is 5.83. The minimum absolute atomic E-state index is 0.0379. The minimum atomic E-state index is -4.87. The number of fused-ring (bicyclic) bond motifs is 1. The fourth-order valence-corrected chi connectivity index (χ4v) is 7.70. The van der Waals surface area contributed by atoms with E-state index in [9.17, 15) is 35.7 Å². The molecule has 3 heterocycles. The summed E-state index contributed by atoms with van der Waals surface area (Å²) < 4.78 is 104. The molecule has 0 radical (unpaired) electrons. The first-order valence-electron chi connectivity index (χ1n) is 16.8. The monoisotopic (exact) mass is 732 g/mol. The third kappa shape index (κ3) is 8.52. The average molecular weight is 733 g/mol. The van der Waals surface area contributed by atoms with Crippen LogP contribution < -0.4 is 5.32 Å². The lowest BCUT2D eigenvalue weighted by Crippen LogP contribution is -2.48. The van der Waals surface area contributed by atoms with Gasteiger partial charge in [-0.1, -0.05) is 42.5 Å². The van der Waals surface area contributed by atoms with Crippen LogP contribution in [-0.2, 0) is 28.6 Å². The molecule has 51 heavy (non-hydrogen) atoms. The number of pyridine rings is 1. The van der Waals surface area contributed by atoms with Crippen LogP contribution in [0.25, 0.3) is 22.2 Å². The number of piperidine rings is 1. The summed E-state index contributed by atoms with van der Waals surface area (Å²) >= 11 is -1.48. The first kappa shape index (κ1) is 37.1. The second-order valence-electron chi connectivity index (χ2n) is 12.7. The first-order valence-corrected chi connectivity index (χ1v) is 18.1. The van der Waals surface area contributed by atoms with Gasteiger partial charge in [0.25, 0.3) is 5.91 Å². The van der Waals surface area contributed by atoms with Gasteiger partial charge in [-0.2, -0.15) is 26.3 Å². The molecule has 2 saturated heterocycles. The van der Waals surface area contributed by atoms with Crippen molar-refractivity contribution < 1.29 is 40.4 Å². The van der Waals surface area contributed by atoms with Gasteiger partial charge < -0.3 is 14.6 Å². The number of likely N-dealkylation sites (tertiary alicyclic amines) is 1. The molecular formula is C37H38F6N4O3S. The molecule has 2 aliphatic rings. The largest absolute Gasteiger partial charge is 0.611 e. The second kappa shape index (κ2) is 15.5. The number of ether oxygens (including phenoxy) is 1. The van der Waals surface area contributed by atoms with Gasteiger partial charge in [0.05, 0.1) is 35.6 Å². The number of alkyl halides is 6. The topological polar surface area (TPSA) is 80.8 Å². The zero-order valence-electron chi connectivity index (χ0n) is 27.9. The van der Waals surface area contributed by atoms with E-state index >= 15 is 0 Å². The van der Waals surface area contributed by atoms with Gasteiger partial charge in [0.2, 0.25) is 0 Å². The fraction of sp³-hybridized carbons (Fsp3) is 0.405. The van der Waals surface area contributed by atoms with Crippen molar-refractivity contribution in [1.29, 1.82) is 0 Å². The van der Waals surface area contributed by atoms with Crippen LogP contribution in [0.1, 0.15) is 52.9 Å². The van der Waals surface area contributed by atoms with E-state index in [1.165, 1.54) is 48.5 Å². The van der Waals surface area contributed by atoms with Crippen LogP contribution in [0, 0.1) is 0 Å². The summed E-state index contributed by atoms with van der Waals surface area (Å²) in [6.07, 6.45) is -7.99. The summed E-state index contributed by atoms with van der Waals surface area (Å²) in [6, 6.07) is 14.0. The van der Waals surface area contributed by atoms with Gasteiger partial charge in [-0.3, -0.25) is 14.6 Å². The van der Waals surface area contributed by atoms with Gasteiger partial charge in [-0.15, -0.1) is 0 Å². The lowest BCUT2D eigenvalue weighted by molar-refractivity contribution is -0.155. The maximum absolute atomic E-state index is 14.6. The van der Waals surface area contributed by atoms with Crippen LogP contribution in [0.2, 0.25) is 0 Å². The van der Waals surface area contributed by atoms with E-state index in [4.69, 9.17) is 9.72 Å². The molecule has 1 N–H and O–H groups in total. The van der Waals surface area contributed by atoms with Crippen molar-refractivity contribution in [3.8, 4) is 11.3 Å². The van der Waals surface area contributed by atoms with Crippen LogP contribution >= 0.6 is 0 Å². The lowest BCUT2D eigenvalue weighted by atomic mass is 9.93. The summed E-state index contributed by atoms with van der Waals surface area (Å²) in [5, 5.41) is 2.36. The molecule has 1 amide bonds. The zero-order chi connectivity index (χ0) is 36.3. The average Bonchev–Trinajstić information content (AvgIpc) is 3.13. The molecule has 4 aromatic rings. The van der Waals surface area contributed by atoms with Crippen LogP contribution in [-0.4, -0.2) is 82.6 Å². The maximum atomic E-state index is 14.6. The third-order valence-electron chi connectivity index (χ3n) is 9.51. The molecule has 1 unspecified atom stereocenters. The number of rotatable bonds is 9. The van der Waals surface area contributed by atoms with Gasteiger partial charge in [0.1, 0.15) is 5.75 Å². The lowest BCUT2D eigenvalue weighted by Gasteiger charge is -2.40. The van der Waals surface area contributed by atoms with E-state index in [0.717, 1.165) is 38.1 Å². The summed E-state index contributed by atoms with van der Waals surface area (Å²) in [5.74, 6) is -0.822. The third-order valence-corrected chi connectivity index (χ3v) is 10.8. The summed E-state index contributed by atoms with van der Waals surface area (Å²) in [4.78, 5) is 24.0. The Bertz CT molecular complexity index is 1830. The van der Waals surface area contributed by atoms with Gasteiger partial charge in [0.15, 0.2) is 10.9 Å². The number of hydrogen-bond acceptors (Lipinski definition) is 6. The van der Waals surface area contributed by atoms with Crippen molar-refractivity contribution in [2.45, 2.75) is 55.6 Å². The zero-order valence-corrected chi connectivity index (χ0v) is 28.7. The number of carbonyl (C=O) groups excluding carboxylic acids is 1. The van der Waals surface area contributed by atoms with E-state index in [0.29, 0.717) is 37.2 Å². The minimum Gasteiger partial charge on any atom is -0.611 e. The van der Waals surface area contributed by atoms with Crippen molar-refractivity contribution in [3.05, 3.63) is 95.1 Å². The number of carbonyl (C=O) groups is 1. The van der Waals surface area contributed by atoms with E-state index in [1.54, 1.807) is 19.1 Å². The Morgan fingerprint density at radius 2 is 1.67 bits per heavy atom. The molecule has 7 nitrogen and oxygen atoms in total. The van der Waals surface area contributed by atoms with Crippen molar-refractivity contribution in [1.82, 2.24) is 20.1 Å². The molecule has 2 aliphatic heterocycles. The second-order valence-corrected chi connectivity index (χ2v) is 14.5. The van der Waals surface area contributed by atoms with Crippen LogP contribution in [0.3, 0.4) is 0 Å². The van der Waals surface area contributed by atoms with Crippen LogP contribution in [0.4, 0.5) is 26.3 Å². The first-order chi connectivity index (χ1) is 24.3. The smallest absolute Gasteiger partial charge is 0.416 e. The number of halogens is 6. The standard InChI is InChI=1S/C37H38F6N4O3S/c1-2-51(49)28-11-12-31-29(22-28)32(35(48)45-34(37(41,42)43)24-7-4-3-5-8-24)30(33(44-31)25-9-6-10-26(21-25)36(38,39)40)23-46-15-13-27(14-16-46)47-17-19-50-20-18-47/h3-12,21-22,27,34H,2,13-20,23H2,1H3,(H,45,48)/t34-,51?/m1/s1. The number of amides is 1. The van der Waals surface area contributed by atoms with Crippen LogP contribution in [0.5, 0.6) is 0 Å². The molecule has 1 aromatic heterocycles. The Hall–Kier alpha value is -3.69. The SMILES string of the molecule is CC[S+]([O-])c1ccc2nc(-c3cccc(C(F)(F)F)c3)c(CN3CCC(N4CCOCC4)CC3)c(C(=O)N[C@H](c3ccccc3)C(F)(F)F)c2c1. The highest BCUT2D eigenvalue weighted by atomic mass is 32.2. The van der Waals surface area contributed by atoms with E-state index < -0.39 is 41.0 Å². The highest BCUT2D eigenvalue weighted by Gasteiger charge is 2.43.